The molecule has 1 aliphatic carbocycles. The number of carbonyl (C=O) groups is 1. The first-order valence-electron chi connectivity index (χ1n) is 9.17. The first-order chi connectivity index (χ1) is 12.1. The highest BCUT2D eigenvalue weighted by Crippen LogP contribution is 2.37. The van der Waals surface area contributed by atoms with Gasteiger partial charge < -0.3 is 20.3 Å². The van der Waals surface area contributed by atoms with Gasteiger partial charge in [0.15, 0.2) is 0 Å². The average molecular weight is 340 g/mol. The van der Waals surface area contributed by atoms with Gasteiger partial charge in [-0.3, -0.25) is 4.79 Å². The van der Waals surface area contributed by atoms with Crippen LogP contribution in [0.3, 0.4) is 0 Å². The van der Waals surface area contributed by atoms with Crippen molar-refractivity contribution in [3.05, 3.63) is 41.6 Å². The molecule has 0 radical (unpaired) electrons. The molecule has 1 amide bonds. The third-order valence-corrected chi connectivity index (χ3v) is 5.81. The molecule has 1 aromatic heterocycles. The van der Waals surface area contributed by atoms with Gasteiger partial charge in [0.25, 0.3) is 0 Å². The van der Waals surface area contributed by atoms with Gasteiger partial charge in [0.1, 0.15) is 12.0 Å². The highest BCUT2D eigenvalue weighted by atomic mass is 16.3. The zero-order chi connectivity index (χ0) is 17.6. The van der Waals surface area contributed by atoms with Gasteiger partial charge in [-0.1, -0.05) is 25.1 Å². The Bertz CT molecular complexity index is 835. The van der Waals surface area contributed by atoms with Crippen LogP contribution in [0.2, 0.25) is 0 Å². The first-order valence-corrected chi connectivity index (χ1v) is 9.17. The molecule has 1 aliphatic heterocycles. The number of fused-ring (bicyclic) bond motifs is 2. The Balaban J connectivity index is 1.71. The van der Waals surface area contributed by atoms with Crippen molar-refractivity contribution in [3.8, 4) is 0 Å². The average Bonchev–Trinajstić information content (AvgIpc) is 3.04. The van der Waals surface area contributed by atoms with E-state index in [4.69, 9.17) is 0 Å². The second kappa shape index (κ2) is 6.32. The largest absolute Gasteiger partial charge is 0.394 e. The van der Waals surface area contributed by atoms with Crippen molar-refractivity contribution in [2.45, 2.75) is 31.8 Å². The molecule has 0 saturated heterocycles. The fraction of sp³-hybridized carbons (Fsp3) is 0.450. The van der Waals surface area contributed by atoms with Crippen molar-refractivity contribution < 1.29 is 14.8 Å². The van der Waals surface area contributed by atoms with E-state index in [1.165, 1.54) is 32.5 Å². The minimum Gasteiger partial charge on any atom is -0.394 e. The first kappa shape index (κ1) is 16.4. The third kappa shape index (κ3) is 2.68. The number of quaternary nitrogens is 1. The van der Waals surface area contributed by atoms with Crippen molar-refractivity contribution in [3.63, 3.8) is 0 Å². The summed E-state index contributed by atoms with van der Waals surface area (Å²) in [7, 11) is 2.18. The maximum atomic E-state index is 12.7. The summed E-state index contributed by atoms with van der Waals surface area (Å²) < 4.78 is 0. The van der Waals surface area contributed by atoms with Crippen molar-refractivity contribution in [1.82, 2.24) is 10.3 Å². The summed E-state index contributed by atoms with van der Waals surface area (Å²) in [6.07, 6.45) is 6.05. The van der Waals surface area contributed by atoms with E-state index in [0.29, 0.717) is 6.04 Å². The van der Waals surface area contributed by atoms with E-state index in [-0.39, 0.29) is 24.5 Å². The molecular weight excluding hydrogens is 314 g/mol. The molecule has 0 bridgehead atoms. The second-order valence-electron chi connectivity index (χ2n) is 7.37. The molecule has 0 saturated carbocycles. The number of likely N-dealkylation sites (N-methyl/N-ethyl adjacent to an activating group) is 1. The summed E-state index contributed by atoms with van der Waals surface area (Å²) in [5.41, 5.74) is 5.10. The summed E-state index contributed by atoms with van der Waals surface area (Å²) in [5, 5.41) is 13.7. The standard InChI is InChI=1S/C20H25N3O2/c1-3-14(11-24)22-20(25)13-7-16-15-5-4-6-17-19(15)12(9-21-17)8-18(16)23(2)10-13/h4-7,9,13-14,18,21,24H,3,8,10-11H2,1-2H3,(H,22,25)/p+1/t13-,14-,18-/m1/s1. The Hall–Kier alpha value is -2.11. The third-order valence-electron chi connectivity index (χ3n) is 5.81. The molecule has 1 unspecified atom stereocenters. The zero-order valence-corrected chi connectivity index (χ0v) is 14.8. The Morgan fingerprint density at radius 3 is 3.08 bits per heavy atom. The number of H-pyrrole nitrogens is 1. The number of rotatable bonds is 4. The Kier molecular flexibility index (Phi) is 4.13. The molecule has 25 heavy (non-hydrogen) atoms. The molecule has 4 rings (SSSR count). The van der Waals surface area contributed by atoms with Crippen molar-refractivity contribution in [2.24, 2.45) is 5.92 Å². The highest BCUT2D eigenvalue weighted by Gasteiger charge is 2.38. The lowest BCUT2D eigenvalue weighted by Crippen LogP contribution is -3.15. The fourth-order valence-corrected chi connectivity index (χ4v) is 4.34. The normalized spacial score (nSPS) is 26.0. The Morgan fingerprint density at radius 2 is 2.32 bits per heavy atom. The number of aliphatic hydroxyl groups excluding tert-OH is 1. The predicted molar refractivity (Wildman–Crippen MR) is 98.3 cm³/mol. The summed E-state index contributed by atoms with van der Waals surface area (Å²) in [6.45, 7) is 2.75. The van der Waals surface area contributed by atoms with Crippen LogP contribution in [0.1, 0.15) is 24.5 Å². The number of aromatic amines is 1. The molecule has 2 aromatic rings. The van der Waals surface area contributed by atoms with Gasteiger partial charge >= 0.3 is 0 Å². The van der Waals surface area contributed by atoms with Crippen LogP contribution < -0.4 is 10.2 Å². The van der Waals surface area contributed by atoms with Crippen molar-refractivity contribution >= 4 is 22.4 Å². The van der Waals surface area contributed by atoms with Crippen molar-refractivity contribution in [1.29, 1.82) is 0 Å². The maximum Gasteiger partial charge on any atom is 0.232 e. The fourth-order valence-electron chi connectivity index (χ4n) is 4.34. The van der Waals surface area contributed by atoms with Gasteiger partial charge in [-0.05, 0) is 23.6 Å². The van der Waals surface area contributed by atoms with Crippen LogP contribution >= 0.6 is 0 Å². The minimum absolute atomic E-state index is 0.0110. The predicted octanol–water partition coefficient (Wildman–Crippen LogP) is 0.508. The Morgan fingerprint density at radius 1 is 1.48 bits per heavy atom. The number of nitrogens with one attached hydrogen (secondary N) is 3. The molecule has 4 atom stereocenters. The maximum absolute atomic E-state index is 12.7. The molecule has 2 aliphatic rings. The molecule has 5 heteroatoms. The lowest BCUT2D eigenvalue weighted by Gasteiger charge is -2.36. The van der Waals surface area contributed by atoms with Gasteiger partial charge in [-0.2, -0.15) is 0 Å². The molecule has 2 heterocycles. The number of aliphatic hydroxyl groups is 1. The van der Waals surface area contributed by atoms with Crippen LogP contribution in [0, 0.1) is 5.92 Å². The van der Waals surface area contributed by atoms with Gasteiger partial charge in [-0.15, -0.1) is 0 Å². The Labute approximate surface area is 147 Å². The van der Waals surface area contributed by atoms with E-state index in [9.17, 15) is 9.90 Å². The summed E-state index contributed by atoms with van der Waals surface area (Å²) in [5.74, 6) is -0.124. The molecular formula is C20H26N3O2+. The quantitative estimate of drug-likeness (QED) is 0.655. The summed E-state index contributed by atoms with van der Waals surface area (Å²) in [6, 6.07) is 6.61. The van der Waals surface area contributed by atoms with E-state index in [1.807, 2.05) is 6.92 Å². The van der Waals surface area contributed by atoms with E-state index in [1.54, 1.807) is 0 Å². The summed E-state index contributed by atoms with van der Waals surface area (Å²) >= 11 is 0. The van der Waals surface area contributed by atoms with E-state index < -0.39 is 0 Å². The van der Waals surface area contributed by atoms with Crippen molar-refractivity contribution in [2.75, 3.05) is 20.2 Å². The number of aromatic nitrogens is 1. The zero-order valence-electron chi connectivity index (χ0n) is 14.8. The van der Waals surface area contributed by atoms with Crippen LogP contribution in [0.25, 0.3) is 16.5 Å². The molecule has 4 N–H and O–H groups in total. The molecule has 0 spiro atoms. The minimum atomic E-state index is -0.157. The number of amides is 1. The van der Waals surface area contributed by atoms with E-state index in [0.717, 1.165) is 19.4 Å². The molecule has 132 valence electrons. The smallest absolute Gasteiger partial charge is 0.232 e. The lowest BCUT2D eigenvalue weighted by atomic mass is 9.80. The SMILES string of the molecule is CC[C@H](CO)NC(=O)[C@@H]1C=C2c3cccc4[nH]cc(c34)C[C@H]2[NH+](C)C1. The summed E-state index contributed by atoms with van der Waals surface area (Å²) in [4.78, 5) is 17.4. The molecule has 5 nitrogen and oxygen atoms in total. The van der Waals surface area contributed by atoms with Gasteiger partial charge in [0.05, 0.1) is 26.2 Å². The van der Waals surface area contributed by atoms with E-state index in [2.05, 4.69) is 47.8 Å². The second-order valence-corrected chi connectivity index (χ2v) is 7.37. The van der Waals surface area contributed by atoms with Gasteiger partial charge in [-0.25, -0.2) is 0 Å². The topological polar surface area (TPSA) is 69.6 Å². The van der Waals surface area contributed by atoms with Crippen LogP contribution in [0.5, 0.6) is 0 Å². The van der Waals surface area contributed by atoms with Crippen LogP contribution in [-0.4, -0.2) is 48.3 Å². The molecule has 1 aromatic carbocycles. The number of hydrogen-bond donors (Lipinski definition) is 4. The number of carbonyl (C=O) groups excluding carboxylic acids is 1. The van der Waals surface area contributed by atoms with Gasteiger partial charge in [0.2, 0.25) is 5.91 Å². The molecule has 0 fully saturated rings. The van der Waals surface area contributed by atoms with E-state index >= 15 is 0 Å². The highest BCUT2D eigenvalue weighted by molar-refractivity contribution is 5.98. The van der Waals surface area contributed by atoms with Crippen LogP contribution in [0.4, 0.5) is 0 Å². The number of benzene rings is 1. The number of hydrogen-bond acceptors (Lipinski definition) is 2. The van der Waals surface area contributed by atoms with Crippen LogP contribution in [0.15, 0.2) is 30.5 Å². The van der Waals surface area contributed by atoms with Gasteiger partial charge in [0, 0.05) is 29.1 Å². The van der Waals surface area contributed by atoms with Crippen LogP contribution in [-0.2, 0) is 11.2 Å². The monoisotopic (exact) mass is 340 g/mol. The lowest BCUT2D eigenvalue weighted by molar-refractivity contribution is -0.900.